The molecule has 0 aromatic heterocycles. The Bertz CT molecular complexity index is 285. The van der Waals surface area contributed by atoms with Crippen molar-refractivity contribution < 1.29 is 0 Å². The minimum absolute atomic E-state index is 0.165. The molecular formula is C14H23N. The van der Waals surface area contributed by atoms with Crippen LogP contribution in [0.15, 0.2) is 24.3 Å². The Morgan fingerprint density at radius 2 is 1.53 bits per heavy atom. The second-order valence-corrected chi connectivity index (χ2v) is 5.11. The van der Waals surface area contributed by atoms with Gasteiger partial charge in [-0.3, -0.25) is 0 Å². The van der Waals surface area contributed by atoms with Crippen LogP contribution in [0.1, 0.15) is 44.9 Å². The summed E-state index contributed by atoms with van der Waals surface area (Å²) in [6, 6.07) is 8.91. The van der Waals surface area contributed by atoms with Crippen molar-refractivity contribution in [3.63, 3.8) is 0 Å². The van der Waals surface area contributed by atoms with Crippen LogP contribution in [0.5, 0.6) is 0 Å². The van der Waals surface area contributed by atoms with Gasteiger partial charge >= 0.3 is 0 Å². The number of nitrogens with two attached hydrogens (primary N) is 1. The molecule has 0 radical (unpaired) electrons. The maximum Gasteiger partial charge on any atom is 0.0318 e. The molecule has 0 saturated carbocycles. The summed E-state index contributed by atoms with van der Waals surface area (Å²) in [6.45, 7) is 8.81. The summed E-state index contributed by atoms with van der Waals surface area (Å²) >= 11 is 0. The van der Waals surface area contributed by atoms with E-state index >= 15 is 0 Å². The molecule has 0 spiro atoms. The summed E-state index contributed by atoms with van der Waals surface area (Å²) in [5, 5.41) is 0. The van der Waals surface area contributed by atoms with Crippen LogP contribution in [0.3, 0.4) is 0 Å². The highest BCUT2D eigenvalue weighted by Crippen LogP contribution is 2.19. The van der Waals surface area contributed by atoms with E-state index < -0.39 is 0 Å². The lowest BCUT2D eigenvalue weighted by Gasteiger charge is -2.16. The lowest BCUT2D eigenvalue weighted by atomic mass is 9.94. The molecule has 0 fully saturated rings. The van der Waals surface area contributed by atoms with Gasteiger partial charge in [-0.25, -0.2) is 0 Å². The third-order valence-corrected chi connectivity index (χ3v) is 2.73. The Labute approximate surface area is 93.7 Å². The van der Waals surface area contributed by atoms with E-state index in [1.165, 1.54) is 11.1 Å². The molecule has 0 heterocycles. The topological polar surface area (TPSA) is 26.0 Å². The van der Waals surface area contributed by atoms with Gasteiger partial charge in [0.05, 0.1) is 0 Å². The summed E-state index contributed by atoms with van der Waals surface area (Å²) in [7, 11) is 0. The van der Waals surface area contributed by atoms with Crippen LogP contribution in [-0.4, -0.2) is 0 Å². The molecule has 1 aromatic carbocycles. The molecule has 0 aliphatic heterocycles. The molecule has 1 atom stereocenters. The predicted octanol–water partition coefficient (Wildman–Crippen LogP) is 3.54. The van der Waals surface area contributed by atoms with Gasteiger partial charge in [-0.2, -0.15) is 0 Å². The Hall–Kier alpha value is -0.820. The van der Waals surface area contributed by atoms with Crippen LogP contribution >= 0.6 is 0 Å². The number of hydrogen-bond acceptors (Lipinski definition) is 1. The SMILES string of the molecule is CC(C)Cc1ccc([C@@H](N)C(C)C)cc1. The molecule has 2 N–H and O–H groups in total. The quantitative estimate of drug-likeness (QED) is 0.799. The van der Waals surface area contributed by atoms with E-state index in [4.69, 9.17) is 5.73 Å². The summed E-state index contributed by atoms with van der Waals surface area (Å²) < 4.78 is 0. The predicted molar refractivity (Wildman–Crippen MR) is 66.8 cm³/mol. The normalized spacial score (nSPS) is 13.5. The molecule has 0 amide bonds. The fourth-order valence-corrected chi connectivity index (χ4v) is 1.73. The summed E-state index contributed by atoms with van der Waals surface area (Å²) in [5.74, 6) is 1.22. The first-order valence-electron chi connectivity index (χ1n) is 5.85. The molecule has 84 valence electrons. The third-order valence-electron chi connectivity index (χ3n) is 2.73. The molecule has 0 unspecified atom stereocenters. The zero-order valence-corrected chi connectivity index (χ0v) is 10.3. The van der Waals surface area contributed by atoms with Crippen molar-refractivity contribution in [2.45, 2.75) is 40.2 Å². The number of benzene rings is 1. The van der Waals surface area contributed by atoms with Crippen LogP contribution in [0.2, 0.25) is 0 Å². The van der Waals surface area contributed by atoms with E-state index in [0.717, 1.165) is 12.3 Å². The van der Waals surface area contributed by atoms with E-state index in [1.807, 2.05) is 0 Å². The Kier molecular flexibility index (Phi) is 4.34. The van der Waals surface area contributed by atoms with E-state index in [-0.39, 0.29) is 6.04 Å². The van der Waals surface area contributed by atoms with E-state index in [2.05, 4.69) is 52.0 Å². The van der Waals surface area contributed by atoms with Crippen LogP contribution in [-0.2, 0) is 6.42 Å². The second-order valence-electron chi connectivity index (χ2n) is 5.11. The average Bonchev–Trinajstić information content (AvgIpc) is 2.17. The third kappa shape index (κ3) is 3.67. The molecule has 1 nitrogen and oxygen atoms in total. The van der Waals surface area contributed by atoms with E-state index in [1.54, 1.807) is 0 Å². The minimum Gasteiger partial charge on any atom is -0.324 e. The molecule has 0 bridgehead atoms. The molecule has 0 aliphatic carbocycles. The van der Waals surface area contributed by atoms with Crippen LogP contribution in [0.25, 0.3) is 0 Å². The van der Waals surface area contributed by atoms with Crippen molar-refractivity contribution in [1.29, 1.82) is 0 Å². The Balaban J connectivity index is 2.72. The zero-order chi connectivity index (χ0) is 11.4. The van der Waals surface area contributed by atoms with Crippen LogP contribution < -0.4 is 5.73 Å². The molecule has 0 aliphatic rings. The zero-order valence-electron chi connectivity index (χ0n) is 10.3. The maximum atomic E-state index is 6.09. The van der Waals surface area contributed by atoms with Crippen molar-refractivity contribution >= 4 is 0 Å². The summed E-state index contributed by atoms with van der Waals surface area (Å²) in [4.78, 5) is 0. The molecule has 1 heteroatoms. The van der Waals surface area contributed by atoms with Gasteiger partial charge in [0.2, 0.25) is 0 Å². The highest BCUT2D eigenvalue weighted by atomic mass is 14.6. The minimum atomic E-state index is 0.165. The number of hydrogen-bond donors (Lipinski definition) is 1. The van der Waals surface area contributed by atoms with Gasteiger partial charge in [-0.05, 0) is 29.4 Å². The second kappa shape index (κ2) is 5.32. The van der Waals surface area contributed by atoms with Gasteiger partial charge in [0.15, 0.2) is 0 Å². The van der Waals surface area contributed by atoms with Crippen molar-refractivity contribution in [2.24, 2.45) is 17.6 Å². The molecule has 1 rings (SSSR count). The monoisotopic (exact) mass is 205 g/mol. The van der Waals surface area contributed by atoms with Gasteiger partial charge in [0.25, 0.3) is 0 Å². The highest BCUT2D eigenvalue weighted by molar-refractivity contribution is 5.25. The summed E-state index contributed by atoms with van der Waals surface area (Å²) in [6.07, 6.45) is 1.15. The molecule has 15 heavy (non-hydrogen) atoms. The molecule has 0 saturated heterocycles. The fraction of sp³-hybridized carbons (Fsp3) is 0.571. The largest absolute Gasteiger partial charge is 0.324 e. The first-order valence-corrected chi connectivity index (χ1v) is 5.85. The first kappa shape index (κ1) is 12.3. The maximum absolute atomic E-state index is 6.09. The van der Waals surface area contributed by atoms with Crippen molar-refractivity contribution in [3.8, 4) is 0 Å². The smallest absolute Gasteiger partial charge is 0.0318 e. The van der Waals surface area contributed by atoms with Crippen molar-refractivity contribution in [2.75, 3.05) is 0 Å². The fourth-order valence-electron chi connectivity index (χ4n) is 1.73. The lowest BCUT2D eigenvalue weighted by molar-refractivity contribution is 0.514. The van der Waals surface area contributed by atoms with Gasteiger partial charge < -0.3 is 5.73 Å². The average molecular weight is 205 g/mol. The lowest BCUT2D eigenvalue weighted by Crippen LogP contribution is -2.16. The van der Waals surface area contributed by atoms with Gasteiger partial charge in [0, 0.05) is 6.04 Å². The van der Waals surface area contributed by atoms with Crippen LogP contribution in [0.4, 0.5) is 0 Å². The Morgan fingerprint density at radius 3 is 1.93 bits per heavy atom. The van der Waals surface area contributed by atoms with Crippen LogP contribution in [0, 0.1) is 11.8 Å². The molecular weight excluding hydrogens is 182 g/mol. The van der Waals surface area contributed by atoms with Crippen molar-refractivity contribution in [1.82, 2.24) is 0 Å². The van der Waals surface area contributed by atoms with Crippen molar-refractivity contribution in [3.05, 3.63) is 35.4 Å². The first-order chi connectivity index (χ1) is 7.00. The number of rotatable bonds is 4. The standard InChI is InChI=1S/C14H23N/c1-10(2)9-12-5-7-13(8-6-12)14(15)11(3)4/h5-8,10-11,14H,9,15H2,1-4H3/t14-/m0/s1. The molecule has 1 aromatic rings. The highest BCUT2D eigenvalue weighted by Gasteiger charge is 2.09. The van der Waals surface area contributed by atoms with Gasteiger partial charge in [-0.1, -0.05) is 52.0 Å². The summed E-state index contributed by atoms with van der Waals surface area (Å²) in [5.41, 5.74) is 8.74. The van der Waals surface area contributed by atoms with E-state index in [0.29, 0.717) is 5.92 Å². The van der Waals surface area contributed by atoms with Gasteiger partial charge in [-0.15, -0.1) is 0 Å². The van der Waals surface area contributed by atoms with E-state index in [9.17, 15) is 0 Å². The Morgan fingerprint density at radius 1 is 1.00 bits per heavy atom. The van der Waals surface area contributed by atoms with Gasteiger partial charge in [0.1, 0.15) is 0 Å².